The van der Waals surface area contributed by atoms with Crippen molar-refractivity contribution in [2.24, 2.45) is 3.50 Å². The predicted octanol–water partition coefficient (Wildman–Crippen LogP) is 11.6. The standard InChI is InChI=1S/C12H17N.C9H22Si2.2C4H4F6O.W/c1-8(2)10-6-5-7-11(9(3)4)12(10)13;1-9(11(5,6)7)8-10(2,3)4;2*1-2(11,3(5,6)7)4(8,9)10;/h5-9H,1-4H3;8-9H,1H2,2-7H3;2*11H,1H3;/q;-2;;;. The molecule has 0 aliphatic heterocycles. The van der Waals surface area contributed by atoms with E-state index in [1.54, 1.807) is 0 Å². The van der Waals surface area contributed by atoms with E-state index in [0.717, 1.165) is 0 Å². The first kappa shape index (κ1) is 50.6. The maximum absolute atomic E-state index is 11.4. The van der Waals surface area contributed by atoms with Crippen molar-refractivity contribution < 1.29 is 82.5 Å². The van der Waals surface area contributed by atoms with Gasteiger partial charge in [0.15, 0.2) is 0 Å². The van der Waals surface area contributed by atoms with Gasteiger partial charge in [0.25, 0.3) is 11.2 Å². The Bertz CT molecular complexity index is 991. The molecule has 0 aliphatic carbocycles. The Morgan fingerprint density at radius 2 is 0.915 bits per heavy atom. The van der Waals surface area contributed by atoms with Crippen LogP contribution in [-0.2, 0) is 19.6 Å². The zero-order chi connectivity index (χ0) is 39.0. The first-order valence-corrected chi connectivity index (χ1v) is 22.5. The van der Waals surface area contributed by atoms with Crippen molar-refractivity contribution in [3.8, 4) is 0 Å². The van der Waals surface area contributed by atoms with Crippen LogP contribution in [0.15, 0.2) is 21.7 Å². The number of halogens is 12. The van der Waals surface area contributed by atoms with Gasteiger partial charge in [-0.15, -0.1) is 8.07 Å². The van der Waals surface area contributed by atoms with Gasteiger partial charge in [-0.3, -0.25) is 0 Å². The molecule has 0 aliphatic rings. The SMILES string of the molecule is CC(C)c1cccc(C(C)C)c1[N]=[W].CC(O)(C(F)(F)F)C(F)(F)F.CC(O)(C(F)(F)F)C(F)(F)F.[CH2-]C([CH-][Si](C)(C)C)[Si](C)(C)C. The number of hydrogen-bond acceptors (Lipinski definition) is 3. The van der Waals surface area contributed by atoms with Gasteiger partial charge in [0.2, 0.25) is 0 Å². The van der Waals surface area contributed by atoms with Crippen LogP contribution in [0.3, 0.4) is 0 Å². The van der Waals surface area contributed by atoms with Gasteiger partial charge < -0.3 is 28.7 Å². The Labute approximate surface area is 283 Å². The molecule has 47 heavy (non-hydrogen) atoms. The summed E-state index contributed by atoms with van der Waals surface area (Å²) in [6.07, 6.45) is -22.8. The van der Waals surface area contributed by atoms with Gasteiger partial charge in [-0.2, -0.15) is 52.7 Å². The first-order chi connectivity index (χ1) is 20.2. The van der Waals surface area contributed by atoms with E-state index in [2.05, 4.69) is 102 Å². The van der Waals surface area contributed by atoms with Gasteiger partial charge in [0.1, 0.15) is 0 Å². The normalized spacial score (nSPS) is 14.3. The average molecular weight is 910 g/mol. The second-order valence-electron chi connectivity index (χ2n) is 13.8. The second-order valence-corrected chi connectivity index (χ2v) is 25.0. The van der Waals surface area contributed by atoms with Crippen LogP contribution >= 0.6 is 0 Å². The molecule has 18 heteroatoms. The van der Waals surface area contributed by atoms with Crippen molar-refractivity contribution in [3.63, 3.8) is 0 Å². The fourth-order valence-electron chi connectivity index (χ4n) is 2.79. The molecule has 0 fully saturated rings. The molecule has 1 unspecified atom stereocenters. The van der Waals surface area contributed by atoms with Gasteiger partial charge in [0.05, 0.1) is 0 Å². The third-order valence-corrected chi connectivity index (χ3v) is 11.2. The van der Waals surface area contributed by atoms with Crippen molar-refractivity contribution in [2.45, 2.75) is 134 Å². The number of rotatable bonds is 6. The zero-order valence-corrected chi connectivity index (χ0v) is 33.5. The van der Waals surface area contributed by atoms with Crippen LogP contribution in [0.1, 0.15) is 64.5 Å². The molecule has 0 amide bonds. The third kappa shape index (κ3) is 17.1. The van der Waals surface area contributed by atoms with Crippen molar-refractivity contribution in [1.29, 1.82) is 0 Å². The maximum atomic E-state index is 11.4. The van der Waals surface area contributed by atoms with Crippen molar-refractivity contribution in [1.82, 2.24) is 0 Å². The van der Waals surface area contributed by atoms with Crippen LogP contribution in [-0.4, -0.2) is 62.3 Å². The maximum Gasteiger partial charge on any atom is 0.425 e. The molecule has 0 heterocycles. The molecule has 0 bridgehead atoms. The van der Waals surface area contributed by atoms with E-state index in [1.807, 2.05) is 0 Å². The summed E-state index contributed by atoms with van der Waals surface area (Å²) in [7, 11) is -1.99. The van der Waals surface area contributed by atoms with E-state index in [-0.39, 0.29) is 13.8 Å². The monoisotopic (exact) mass is 909 g/mol. The quantitative estimate of drug-likeness (QED) is 0.170. The van der Waals surface area contributed by atoms with Crippen LogP contribution in [0.5, 0.6) is 0 Å². The number of hydrogen-bond donors (Lipinski definition) is 2. The van der Waals surface area contributed by atoms with Crippen LogP contribution in [0.4, 0.5) is 58.4 Å². The summed E-state index contributed by atoms with van der Waals surface area (Å²) < 4.78 is 141. The topological polar surface area (TPSA) is 52.8 Å². The van der Waals surface area contributed by atoms with Crippen LogP contribution in [0, 0.1) is 13.0 Å². The molecule has 1 atom stereocenters. The summed E-state index contributed by atoms with van der Waals surface area (Å²) in [4.78, 5) is 0. The van der Waals surface area contributed by atoms with Crippen LogP contribution < -0.4 is 0 Å². The summed E-state index contributed by atoms with van der Waals surface area (Å²) in [5.74, 6) is 1.12. The molecule has 0 saturated heterocycles. The van der Waals surface area contributed by atoms with E-state index >= 15 is 0 Å². The van der Waals surface area contributed by atoms with Gasteiger partial charge in [-0.05, 0) is 21.9 Å². The Balaban J connectivity index is -0.000000553. The zero-order valence-electron chi connectivity index (χ0n) is 28.5. The molecule has 280 valence electrons. The summed E-state index contributed by atoms with van der Waals surface area (Å²) in [6, 6.07) is 9.06. The molecule has 1 rings (SSSR count). The van der Waals surface area contributed by atoms with E-state index in [9.17, 15) is 52.7 Å². The second kappa shape index (κ2) is 17.9. The van der Waals surface area contributed by atoms with E-state index in [4.69, 9.17) is 10.2 Å². The molecule has 0 radical (unpaired) electrons. The number of benzene rings is 1. The molecule has 0 spiro atoms. The van der Waals surface area contributed by atoms with Gasteiger partial charge in [0, 0.05) is 0 Å². The number of nitrogens with zero attached hydrogens (tertiary/aromatic N) is 1. The van der Waals surface area contributed by atoms with Crippen LogP contribution in [0.2, 0.25) is 44.8 Å². The number of aliphatic hydroxyl groups is 2. The molecule has 2 N–H and O–H groups in total. The minimum atomic E-state index is -5.69. The van der Waals surface area contributed by atoms with Gasteiger partial charge in [-0.25, -0.2) is 0 Å². The summed E-state index contributed by atoms with van der Waals surface area (Å²) >= 11 is 1.29. The first-order valence-electron chi connectivity index (χ1n) is 14.1. The predicted molar refractivity (Wildman–Crippen MR) is 162 cm³/mol. The largest absolute Gasteiger partial charge is 0.425 e. The fourth-order valence-corrected chi connectivity index (χ4v) is 8.26. The molecule has 1 aromatic rings. The van der Waals surface area contributed by atoms with Crippen molar-refractivity contribution in [2.75, 3.05) is 0 Å². The van der Waals surface area contributed by atoms with E-state index in [1.165, 1.54) is 36.4 Å². The molecule has 1 aromatic carbocycles. The fraction of sp³-hybridized carbons (Fsp3) is 0.724. The molecular weight excluding hydrogens is 862 g/mol. The average Bonchev–Trinajstić information content (AvgIpc) is 2.80. The van der Waals surface area contributed by atoms with E-state index < -0.39 is 52.1 Å². The molecule has 0 saturated carbocycles. The van der Waals surface area contributed by atoms with Gasteiger partial charge in [-0.1, -0.05) is 39.3 Å². The van der Waals surface area contributed by atoms with Crippen molar-refractivity contribution in [3.05, 3.63) is 42.3 Å². The third-order valence-electron chi connectivity index (χ3n) is 6.46. The Morgan fingerprint density at radius 3 is 1.02 bits per heavy atom. The molecule has 3 nitrogen and oxygen atoms in total. The Kier molecular flexibility index (Phi) is 19.3. The van der Waals surface area contributed by atoms with Crippen molar-refractivity contribution >= 4 is 21.8 Å². The Morgan fingerprint density at radius 1 is 0.660 bits per heavy atom. The van der Waals surface area contributed by atoms with E-state index in [0.29, 0.717) is 17.4 Å². The van der Waals surface area contributed by atoms with Gasteiger partial charge >= 0.3 is 122 Å². The number of alkyl halides is 12. The van der Waals surface area contributed by atoms with Crippen LogP contribution in [0.25, 0.3) is 0 Å². The molecular formula is C29H47F12NO2Si2W-2. The summed E-state index contributed by atoms with van der Waals surface area (Å²) in [6.45, 7) is 26.8. The smallest absolute Gasteiger partial charge is 0.374 e. The summed E-state index contributed by atoms with van der Waals surface area (Å²) in [5, 5.41) is 15.9. The minimum Gasteiger partial charge on any atom is -0.374 e. The Hall–Kier alpha value is -0.778. The minimum absolute atomic E-state index is 0.340. The molecule has 0 aromatic heterocycles. The summed E-state index contributed by atoms with van der Waals surface area (Å²) in [5.41, 5.74) is -4.63.